The number of rotatable bonds is 2. The molecule has 1 aromatic carbocycles. The molecule has 1 aliphatic heterocycles. The third kappa shape index (κ3) is 2.78. The highest BCUT2D eigenvalue weighted by molar-refractivity contribution is 5.58. The van der Waals surface area contributed by atoms with Crippen molar-refractivity contribution in [3.05, 3.63) is 29.3 Å². The van der Waals surface area contributed by atoms with Gasteiger partial charge < -0.3 is 10.0 Å². The molecule has 2 aliphatic rings. The maximum absolute atomic E-state index is 9.99. The molecule has 112 valence electrons. The van der Waals surface area contributed by atoms with E-state index in [0.29, 0.717) is 11.0 Å². The predicted octanol–water partition coefficient (Wildman–Crippen LogP) is 3.77. The Morgan fingerprint density at radius 2 is 1.86 bits per heavy atom. The van der Waals surface area contributed by atoms with Crippen LogP contribution < -0.4 is 4.90 Å². The van der Waals surface area contributed by atoms with E-state index in [1.54, 1.807) is 13.0 Å². The molecule has 1 spiro atoms. The second-order valence-electron chi connectivity index (χ2n) is 6.76. The van der Waals surface area contributed by atoms with Gasteiger partial charge in [-0.1, -0.05) is 18.9 Å². The van der Waals surface area contributed by atoms with Crippen LogP contribution in [0.1, 0.15) is 62.7 Å². The predicted molar refractivity (Wildman–Crippen MR) is 84.1 cm³/mol. The SMILES string of the molecule is C[C@H](O)c1ccc(C#N)cc1N1CCC2(CCCC2)CC1. The summed E-state index contributed by atoms with van der Waals surface area (Å²) >= 11 is 0. The van der Waals surface area contributed by atoms with Crippen LogP contribution in [0.5, 0.6) is 0 Å². The first-order valence-corrected chi connectivity index (χ1v) is 8.11. The molecule has 2 fully saturated rings. The van der Waals surface area contributed by atoms with Crippen molar-refractivity contribution in [2.45, 2.75) is 51.6 Å². The van der Waals surface area contributed by atoms with Crippen LogP contribution in [-0.2, 0) is 0 Å². The van der Waals surface area contributed by atoms with Crippen LogP contribution in [0.15, 0.2) is 18.2 Å². The van der Waals surface area contributed by atoms with Crippen molar-refractivity contribution in [3.8, 4) is 6.07 Å². The Balaban J connectivity index is 1.82. The van der Waals surface area contributed by atoms with Gasteiger partial charge in [0, 0.05) is 24.3 Å². The third-order valence-corrected chi connectivity index (χ3v) is 5.44. The van der Waals surface area contributed by atoms with Gasteiger partial charge in [-0.15, -0.1) is 0 Å². The lowest BCUT2D eigenvalue weighted by Gasteiger charge is -2.41. The molecule has 1 saturated heterocycles. The molecule has 3 heteroatoms. The molecule has 1 heterocycles. The van der Waals surface area contributed by atoms with Crippen molar-refractivity contribution >= 4 is 5.69 Å². The molecule has 21 heavy (non-hydrogen) atoms. The number of nitriles is 1. The second-order valence-corrected chi connectivity index (χ2v) is 6.76. The van der Waals surface area contributed by atoms with E-state index in [1.807, 2.05) is 12.1 Å². The van der Waals surface area contributed by atoms with Crippen molar-refractivity contribution < 1.29 is 5.11 Å². The number of benzene rings is 1. The Bertz CT molecular complexity index is 543. The number of hydrogen-bond donors (Lipinski definition) is 1. The number of hydrogen-bond acceptors (Lipinski definition) is 3. The van der Waals surface area contributed by atoms with Gasteiger partial charge in [0.15, 0.2) is 0 Å². The van der Waals surface area contributed by atoms with Crippen LogP contribution in [0.2, 0.25) is 0 Å². The summed E-state index contributed by atoms with van der Waals surface area (Å²) in [5.41, 5.74) is 3.26. The highest BCUT2D eigenvalue weighted by atomic mass is 16.3. The van der Waals surface area contributed by atoms with Crippen LogP contribution in [0.4, 0.5) is 5.69 Å². The van der Waals surface area contributed by atoms with Crippen LogP contribution in [0.3, 0.4) is 0 Å². The maximum Gasteiger partial charge on any atom is 0.0992 e. The second kappa shape index (κ2) is 5.69. The fourth-order valence-electron chi connectivity index (χ4n) is 4.09. The summed E-state index contributed by atoms with van der Waals surface area (Å²) in [6.07, 6.45) is 7.58. The smallest absolute Gasteiger partial charge is 0.0992 e. The average Bonchev–Trinajstić information content (AvgIpc) is 2.95. The summed E-state index contributed by atoms with van der Waals surface area (Å²) in [6.45, 7) is 3.90. The summed E-state index contributed by atoms with van der Waals surface area (Å²) in [6, 6.07) is 7.85. The standard InChI is InChI=1S/C18H24N2O/c1-14(21)16-5-4-15(13-19)12-17(16)20-10-8-18(9-11-20)6-2-3-7-18/h4-5,12,14,21H,2-3,6-11H2,1H3/t14-/m0/s1. The number of piperidine rings is 1. The van der Waals surface area contributed by atoms with E-state index < -0.39 is 6.10 Å². The lowest BCUT2D eigenvalue weighted by molar-refractivity contribution is 0.198. The zero-order chi connectivity index (χ0) is 14.9. The molecule has 3 rings (SSSR count). The van der Waals surface area contributed by atoms with Gasteiger partial charge in [0.2, 0.25) is 0 Å². The van der Waals surface area contributed by atoms with E-state index in [2.05, 4.69) is 11.0 Å². The summed E-state index contributed by atoms with van der Waals surface area (Å²) < 4.78 is 0. The number of anilines is 1. The van der Waals surface area contributed by atoms with Gasteiger partial charge in [-0.05, 0) is 50.2 Å². The Labute approximate surface area is 127 Å². The van der Waals surface area contributed by atoms with Crippen LogP contribution in [-0.4, -0.2) is 18.2 Å². The Morgan fingerprint density at radius 3 is 2.43 bits per heavy atom. The minimum Gasteiger partial charge on any atom is -0.389 e. The van der Waals surface area contributed by atoms with Gasteiger partial charge in [-0.2, -0.15) is 5.26 Å². The molecule has 1 aliphatic carbocycles. The van der Waals surface area contributed by atoms with Crippen molar-refractivity contribution in [2.24, 2.45) is 5.41 Å². The zero-order valence-corrected chi connectivity index (χ0v) is 12.8. The first-order valence-electron chi connectivity index (χ1n) is 8.11. The molecule has 1 aromatic rings. The lowest BCUT2D eigenvalue weighted by atomic mass is 9.77. The molecule has 0 amide bonds. The van der Waals surface area contributed by atoms with E-state index in [0.717, 1.165) is 24.3 Å². The van der Waals surface area contributed by atoms with Crippen molar-refractivity contribution in [3.63, 3.8) is 0 Å². The first kappa shape index (κ1) is 14.4. The Kier molecular flexibility index (Phi) is 3.91. The molecule has 1 atom stereocenters. The average molecular weight is 284 g/mol. The number of aliphatic hydroxyl groups excluding tert-OH is 1. The normalized spacial score (nSPS) is 22.2. The fourth-order valence-corrected chi connectivity index (χ4v) is 4.09. The maximum atomic E-state index is 9.99. The van der Waals surface area contributed by atoms with Gasteiger partial charge in [0.1, 0.15) is 0 Å². The van der Waals surface area contributed by atoms with E-state index in [9.17, 15) is 5.11 Å². The minimum atomic E-state index is -0.491. The van der Waals surface area contributed by atoms with E-state index in [-0.39, 0.29) is 0 Å². The quantitative estimate of drug-likeness (QED) is 0.899. The number of aliphatic hydroxyl groups is 1. The summed E-state index contributed by atoms with van der Waals surface area (Å²) in [5, 5.41) is 19.1. The highest BCUT2D eigenvalue weighted by Gasteiger charge is 2.37. The van der Waals surface area contributed by atoms with Crippen LogP contribution in [0.25, 0.3) is 0 Å². The van der Waals surface area contributed by atoms with Crippen molar-refractivity contribution in [1.29, 1.82) is 5.26 Å². The van der Waals surface area contributed by atoms with E-state index in [1.165, 1.54) is 38.5 Å². The van der Waals surface area contributed by atoms with Crippen LogP contribution >= 0.6 is 0 Å². The molecule has 0 bridgehead atoms. The molecule has 0 radical (unpaired) electrons. The largest absolute Gasteiger partial charge is 0.389 e. The monoisotopic (exact) mass is 284 g/mol. The molecule has 0 unspecified atom stereocenters. The van der Waals surface area contributed by atoms with Crippen molar-refractivity contribution in [1.82, 2.24) is 0 Å². The van der Waals surface area contributed by atoms with E-state index >= 15 is 0 Å². The van der Waals surface area contributed by atoms with Gasteiger partial charge >= 0.3 is 0 Å². The summed E-state index contributed by atoms with van der Waals surface area (Å²) in [5.74, 6) is 0. The molecular weight excluding hydrogens is 260 g/mol. The molecule has 1 N–H and O–H groups in total. The molecule has 1 saturated carbocycles. The van der Waals surface area contributed by atoms with Gasteiger partial charge in [0.25, 0.3) is 0 Å². The fraction of sp³-hybridized carbons (Fsp3) is 0.611. The molecule has 0 aromatic heterocycles. The first-order chi connectivity index (χ1) is 10.1. The summed E-state index contributed by atoms with van der Waals surface area (Å²) in [7, 11) is 0. The molecular formula is C18H24N2O. The van der Waals surface area contributed by atoms with Gasteiger partial charge in [-0.25, -0.2) is 0 Å². The Hall–Kier alpha value is -1.53. The van der Waals surface area contributed by atoms with Crippen molar-refractivity contribution in [2.75, 3.05) is 18.0 Å². The van der Waals surface area contributed by atoms with Crippen LogP contribution in [0, 0.1) is 16.7 Å². The summed E-state index contributed by atoms with van der Waals surface area (Å²) in [4.78, 5) is 2.37. The van der Waals surface area contributed by atoms with Gasteiger partial charge in [-0.3, -0.25) is 0 Å². The minimum absolute atomic E-state index is 0.491. The highest BCUT2D eigenvalue weighted by Crippen LogP contribution is 2.47. The van der Waals surface area contributed by atoms with E-state index in [4.69, 9.17) is 5.26 Å². The zero-order valence-electron chi connectivity index (χ0n) is 12.8. The van der Waals surface area contributed by atoms with Gasteiger partial charge in [0.05, 0.1) is 17.7 Å². The Morgan fingerprint density at radius 1 is 1.19 bits per heavy atom. The number of nitrogens with zero attached hydrogens (tertiary/aromatic N) is 2. The topological polar surface area (TPSA) is 47.3 Å². The third-order valence-electron chi connectivity index (χ3n) is 5.44. The molecule has 3 nitrogen and oxygen atoms in total. The lowest BCUT2D eigenvalue weighted by Crippen LogP contribution is -2.39.